The highest BCUT2D eigenvalue weighted by Gasteiger charge is 2.04. The second-order valence-corrected chi connectivity index (χ2v) is 3.87. The average Bonchev–Trinajstić information content (AvgIpc) is 2.64. The zero-order valence-electron chi connectivity index (χ0n) is 8.87. The molecule has 1 heterocycles. The summed E-state index contributed by atoms with van der Waals surface area (Å²) in [5.41, 5.74) is 3.53. The Morgan fingerprint density at radius 1 is 1.33 bits per heavy atom. The van der Waals surface area contributed by atoms with E-state index in [1.165, 1.54) is 11.3 Å². The summed E-state index contributed by atoms with van der Waals surface area (Å²) in [6, 6.07) is 6.25. The topological polar surface area (TPSA) is 17.8 Å². The van der Waals surface area contributed by atoms with Crippen molar-refractivity contribution in [2.75, 3.05) is 0 Å². The Morgan fingerprint density at radius 3 is 2.67 bits per heavy atom. The smallest absolute Gasteiger partial charge is 0.110 e. The molecule has 15 heavy (non-hydrogen) atoms. The number of hydrogen-bond donors (Lipinski definition) is 0. The zero-order chi connectivity index (χ0) is 10.8. The standard InChI is InChI=1S/C12H13ClN2/c1-9-7-11(8-13)3-4-12(9)15-6-5-14-10(15)2/h3-7H,8H2,1-2H3. The van der Waals surface area contributed by atoms with Gasteiger partial charge < -0.3 is 4.57 Å². The van der Waals surface area contributed by atoms with Crippen molar-refractivity contribution in [1.29, 1.82) is 0 Å². The number of benzene rings is 1. The molecule has 0 spiro atoms. The fraction of sp³-hybridized carbons (Fsp3) is 0.250. The SMILES string of the molecule is Cc1cc(CCl)ccc1-n1ccnc1C. The summed E-state index contributed by atoms with van der Waals surface area (Å²) in [4.78, 5) is 4.21. The highest BCUT2D eigenvalue weighted by Crippen LogP contribution is 2.18. The lowest BCUT2D eigenvalue weighted by molar-refractivity contribution is 0.963. The zero-order valence-corrected chi connectivity index (χ0v) is 9.62. The summed E-state index contributed by atoms with van der Waals surface area (Å²) in [6.45, 7) is 4.08. The second-order valence-electron chi connectivity index (χ2n) is 3.60. The molecule has 0 aliphatic heterocycles. The molecule has 0 aliphatic rings. The van der Waals surface area contributed by atoms with Crippen LogP contribution in [0.3, 0.4) is 0 Å². The lowest BCUT2D eigenvalue weighted by Gasteiger charge is -2.09. The van der Waals surface area contributed by atoms with Gasteiger partial charge in [0.2, 0.25) is 0 Å². The van der Waals surface area contributed by atoms with Crippen LogP contribution in [0.5, 0.6) is 0 Å². The molecule has 0 bridgehead atoms. The third-order valence-electron chi connectivity index (χ3n) is 2.50. The van der Waals surface area contributed by atoms with Crippen LogP contribution < -0.4 is 0 Å². The minimum Gasteiger partial charge on any atom is -0.304 e. The fourth-order valence-electron chi connectivity index (χ4n) is 1.70. The maximum Gasteiger partial charge on any atom is 0.110 e. The largest absolute Gasteiger partial charge is 0.304 e. The number of imidazole rings is 1. The van der Waals surface area contributed by atoms with E-state index >= 15 is 0 Å². The van der Waals surface area contributed by atoms with Crippen LogP contribution in [0.4, 0.5) is 0 Å². The van der Waals surface area contributed by atoms with E-state index in [0.29, 0.717) is 5.88 Å². The predicted molar refractivity (Wildman–Crippen MR) is 62.6 cm³/mol. The number of halogens is 1. The first-order valence-corrected chi connectivity index (χ1v) is 5.41. The van der Waals surface area contributed by atoms with Crippen LogP contribution in [0.1, 0.15) is 17.0 Å². The van der Waals surface area contributed by atoms with Gasteiger partial charge in [0.25, 0.3) is 0 Å². The van der Waals surface area contributed by atoms with Gasteiger partial charge in [-0.15, -0.1) is 11.6 Å². The first-order valence-electron chi connectivity index (χ1n) is 4.88. The molecular formula is C12H13ClN2. The lowest BCUT2D eigenvalue weighted by Crippen LogP contribution is -1.98. The molecular weight excluding hydrogens is 208 g/mol. The number of rotatable bonds is 2. The van der Waals surface area contributed by atoms with Gasteiger partial charge in [-0.1, -0.05) is 12.1 Å². The number of hydrogen-bond acceptors (Lipinski definition) is 1. The molecule has 3 heteroatoms. The van der Waals surface area contributed by atoms with Crippen molar-refractivity contribution < 1.29 is 0 Å². The summed E-state index contributed by atoms with van der Waals surface area (Å²) in [7, 11) is 0. The van der Waals surface area contributed by atoms with Gasteiger partial charge in [-0.3, -0.25) is 0 Å². The van der Waals surface area contributed by atoms with Crippen molar-refractivity contribution in [1.82, 2.24) is 9.55 Å². The summed E-state index contributed by atoms with van der Waals surface area (Å²) in [6.07, 6.45) is 3.78. The van der Waals surface area contributed by atoms with Crippen LogP contribution in [-0.4, -0.2) is 9.55 Å². The minimum absolute atomic E-state index is 0.560. The van der Waals surface area contributed by atoms with E-state index in [2.05, 4.69) is 34.7 Å². The van der Waals surface area contributed by atoms with E-state index in [0.717, 1.165) is 11.4 Å². The normalized spacial score (nSPS) is 10.6. The van der Waals surface area contributed by atoms with E-state index in [4.69, 9.17) is 11.6 Å². The first-order chi connectivity index (χ1) is 7.22. The molecule has 0 saturated heterocycles. The Morgan fingerprint density at radius 2 is 2.13 bits per heavy atom. The summed E-state index contributed by atoms with van der Waals surface area (Å²) in [5, 5.41) is 0. The van der Waals surface area contributed by atoms with Gasteiger partial charge in [0.05, 0.1) is 0 Å². The van der Waals surface area contributed by atoms with Crippen LogP contribution >= 0.6 is 11.6 Å². The maximum absolute atomic E-state index is 5.79. The van der Waals surface area contributed by atoms with Crippen LogP contribution in [0.15, 0.2) is 30.6 Å². The van der Waals surface area contributed by atoms with Gasteiger partial charge in [-0.2, -0.15) is 0 Å². The highest BCUT2D eigenvalue weighted by atomic mass is 35.5. The van der Waals surface area contributed by atoms with Gasteiger partial charge in [-0.25, -0.2) is 4.98 Å². The van der Waals surface area contributed by atoms with Crippen molar-refractivity contribution in [3.05, 3.63) is 47.5 Å². The van der Waals surface area contributed by atoms with E-state index in [1.807, 2.05) is 19.3 Å². The number of nitrogens with zero attached hydrogens (tertiary/aromatic N) is 2. The average molecular weight is 221 g/mol. The van der Waals surface area contributed by atoms with E-state index in [9.17, 15) is 0 Å². The predicted octanol–water partition coefficient (Wildman–Crippen LogP) is 3.23. The summed E-state index contributed by atoms with van der Waals surface area (Å²) in [5.74, 6) is 1.56. The number of aromatic nitrogens is 2. The van der Waals surface area contributed by atoms with Crippen molar-refractivity contribution >= 4 is 11.6 Å². The molecule has 1 aromatic carbocycles. The van der Waals surface area contributed by atoms with Crippen molar-refractivity contribution in [3.8, 4) is 5.69 Å². The summed E-state index contributed by atoms with van der Waals surface area (Å²) < 4.78 is 2.08. The van der Waals surface area contributed by atoms with Gasteiger partial charge >= 0.3 is 0 Å². The second kappa shape index (κ2) is 4.07. The molecule has 2 rings (SSSR count). The third-order valence-corrected chi connectivity index (χ3v) is 2.81. The van der Waals surface area contributed by atoms with Crippen LogP contribution in [0.25, 0.3) is 5.69 Å². The van der Waals surface area contributed by atoms with Crippen LogP contribution in [0.2, 0.25) is 0 Å². The lowest BCUT2D eigenvalue weighted by atomic mass is 10.1. The van der Waals surface area contributed by atoms with Gasteiger partial charge in [0.1, 0.15) is 5.82 Å². The van der Waals surface area contributed by atoms with Crippen LogP contribution in [0, 0.1) is 13.8 Å². The van der Waals surface area contributed by atoms with Crippen LogP contribution in [-0.2, 0) is 5.88 Å². The molecule has 0 N–H and O–H groups in total. The number of aryl methyl sites for hydroxylation is 2. The molecule has 0 atom stereocenters. The van der Waals surface area contributed by atoms with E-state index in [-0.39, 0.29) is 0 Å². The molecule has 0 radical (unpaired) electrons. The highest BCUT2D eigenvalue weighted by molar-refractivity contribution is 6.17. The maximum atomic E-state index is 5.79. The molecule has 1 aromatic heterocycles. The fourth-order valence-corrected chi connectivity index (χ4v) is 1.87. The molecule has 0 unspecified atom stereocenters. The molecule has 0 fully saturated rings. The Kier molecular flexibility index (Phi) is 2.78. The van der Waals surface area contributed by atoms with E-state index < -0.39 is 0 Å². The quantitative estimate of drug-likeness (QED) is 0.711. The molecule has 78 valence electrons. The summed E-state index contributed by atoms with van der Waals surface area (Å²) >= 11 is 5.79. The molecule has 2 aromatic rings. The van der Waals surface area contributed by atoms with Crippen molar-refractivity contribution in [3.63, 3.8) is 0 Å². The third kappa shape index (κ3) is 1.90. The van der Waals surface area contributed by atoms with Gasteiger partial charge in [-0.05, 0) is 31.0 Å². The molecule has 0 saturated carbocycles. The van der Waals surface area contributed by atoms with E-state index in [1.54, 1.807) is 0 Å². The Hall–Kier alpha value is -1.28. The molecule has 0 aliphatic carbocycles. The Labute approximate surface area is 94.5 Å². The van der Waals surface area contributed by atoms with Gasteiger partial charge in [0, 0.05) is 24.0 Å². The van der Waals surface area contributed by atoms with Gasteiger partial charge in [0.15, 0.2) is 0 Å². The Balaban J connectivity index is 2.50. The first kappa shape index (κ1) is 10.2. The van der Waals surface area contributed by atoms with Crippen molar-refractivity contribution in [2.45, 2.75) is 19.7 Å². The number of alkyl halides is 1. The van der Waals surface area contributed by atoms with Crippen molar-refractivity contribution in [2.24, 2.45) is 0 Å². The molecule has 0 amide bonds. The monoisotopic (exact) mass is 220 g/mol. The Bertz CT molecular complexity index is 474. The molecule has 2 nitrogen and oxygen atoms in total. The minimum atomic E-state index is 0.560.